The average Bonchev–Trinajstić information content (AvgIpc) is 3.56. The van der Waals surface area contributed by atoms with Crippen molar-refractivity contribution >= 4 is 65.6 Å². The molecule has 8 rings (SSSR count). The molecule has 0 amide bonds. The number of aromatic nitrogens is 3. The number of aromatic amines is 1. The van der Waals surface area contributed by atoms with Crippen molar-refractivity contribution in [3.63, 3.8) is 0 Å². The quantitative estimate of drug-likeness (QED) is 0.294. The topological polar surface area (TPSA) is 46.8 Å². The number of furan rings is 1. The van der Waals surface area contributed by atoms with E-state index in [1.807, 2.05) is 30.6 Å². The monoisotopic (exact) mass is 423 g/mol. The molecule has 0 radical (unpaired) electrons. The number of rotatable bonds is 1. The van der Waals surface area contributed by atoms with Crippen LogP contribution in [0.2, 0.25) is 0 Å². The van der Waals surface area contributed by atoms with Crippen molar-refractivity contribution < 1.29 is 4.42 Å². The molecule has 0 aliphatic carbocycles. The van der Waals surface area contributed by atoms with Crippen molar-refractivity contribution in [3.05, 3.63) is 97.3 Å². The molecule has 33 heavy (non-hydrogen) atoms. The molecule has 0 unspecified atom stereocenters. The molecule has 1 N–H and O–H groups in total. The molecule has 0 atom stereocenters. The minimum absolute atomic E-state index is 0.900. The van der Waals surface area contributed by atoms with Gasteiger partial charge in [-0.25, -0.2) is 4.98 Å². The molecule has 0 bridgehead atoms. The minimum Gasteiger partial charge on any atom is -0.456 e. The van der Waals surface area contributed by atoms with Gasteiger partial charge in [-0.1, -0.05) is 48.5 Å². The lowest BCUT2D eigenvalue weighted by molar-refractivity contribution is 0.669. The maximum atomic E-state index is 6.01. The fraction of sp³-hybridized carbons (Fsp3) is 0. The van der Waals surface area contributed by atoms with E-state index in [1.54, 1.807) is 0 Å². The zero-order valence-corrected chi connectivity index (χ0v) is 17.5. The van der Waals surface area contributed by atoms with E-state index in [0.29, 0.717) is 0 Å². The van der Waals surface area contributed by atoms with Gasteiger partial charge in [0, 0.05) is 43.7 Å². The van der Waals surface area contributed by atoms with Crippen LogP contribution in [-0.4, -0.2) is 14.5 Å². The van der Waals surface area contributed by atoms with Gasteiger partial charge < -0.3 is 9.40 Å². The summed E-state index contributed by atoms with van der Waals surface area (Å²) in [6.45, 7) is 0. The first-order valence-corrected chi connectivity index (χ1v) is 11.1. The Bertz CT molecular complexity index is 2040. The van der Waals surface area contributed by atoms with E-state index in [0.717, 1.165) is 49.7 Å². The maximum Gasteiger partial charge on any atom is 0.135 e. The standard InChI is InChI=1S/C29H17N3O/c1-3-7-23-21(6-1)28-19-11-13-25-29(20(19)10-12-24(28)31-23)30-16-32(25)17-9-14-27-22(15-17)18-5-2-4-8-26(18)33-27/h1-16,31H. The van der Waals surface area contributed by atoms with E-state index < -0.39 is 0 Å². The molecule has 3 aromatic heterocycles. The zero-order valence-electron chi connectivity index (χ0n) is 17.5. The maximum absolute atomic E-state index is 6.01. The first kappa shape index (κ1) is 17.0. The van der Waals surface area contributed by atoms with E-state index in [1.165, 1.54) is 21.5 Å². The summed E-state index contributed by atoms with van der Waals surface area (Å²) in [5.74, 6) is 0. The van der Waals surface area contributed by atoms with Gasteiger partial charge in [-0.2, -0.15) is 0 Å². The van der Waals surface area contributed by atoms with Crippen LogP contribution in [0, 0.1) is 0 Å². The summed E-state index contributed by atoms with van der Waals surface area (Å²) in [6.07, 6.45) is 1.92. The van der Waals surface area contributed by atoms with E-state index >= 15 is 0 Å². The van der Waals surface area contributed by atoms with Gasteiger partial charge in [-0.05, 0) is 47.9 Å². The van der Waals surface area contributed by atoms with Gasteiger partial charge in [0.2, 0.25) is 0 Å². The Labute approximate surface area is 187 Å². The highest BCUT2D eigenvalue weighted by molar-refractivity contribution is 6.23. The van der Waals surface area contributed by atoms with Gasteiger partial charge in [-0.3, -0.25) is 4.57 Å². The third kappa shape index (κ3) is 2.22. The van der Waals surface area contributed by atoms with Crippen molar-refractivity contribution in [1.29, 1.82) is 0 Å². The van der Waals surface area contributed by atoms with Gasteiger partial charge in [0.25, 0.3) is 0 Å². The van der Waals surface area contributed by atoms with Crippen molar-refractivity contribution in [1.82, 2.24) is 14.5 Å². The highest BCUT2D eigenvalue weighted by Gasteiger charge is 2.14. The number of para-hydroxylation sites is 2. The van der Waals surface area contributed by atoms with Crippen LogP contribution in [0.1, 0.15) is 0 Å². The third-order valence-electron chi connectivity index (χ3n) is 6.82. The van der Waals surface area contributed by atoms with E-state index in [-0.39, 0.29) is 0 Å². The van der Waals surface area contributed by atoms with Crippen LogP contribution < -0.4 is 0 Å². The fourth-order valence-electron chi connectivity index (χ4n) is 5.31. The summed E-state index contributed by atoms with van der Waals surface area (Å²) in [5, 5.41) is 7.13. The molecule has 0 saturated carbocycles. The number of nitrogens with zero attached hydrogens (tertiary/aromatic N) is 2. The summed E-state index contributed by atoms with van der Waals surface area (Å²) in [7, 11) is 0. The van der Waals surface area contributed by atoms with Crippen LogP contribution in [0.3, 0.4) is 0 Å². The summed E-state index contributed by atoms with van der Waals surface area (Å²) in [5.41, 5.74) is 7.30. The molecule has 154 valence electrons. The van der Waals surface area contributed by atoms with E-state index in [9.17, 15) is 0 Å². The van der Waals surface area contributed by atoms with Gasteiger partial charge in [-0.15, -0.1) is 0 Å². The van der Waals surface area contributed by atoms with Gasteiger partial charge >= 0.3 is 0 Å². The Hall–Kier alpha value is -4.57. The predicted octanol–water partition coefficient (Wildman–Crippen LogP) is 7.71. The smallest absolute Gasteiger partial charge is 0.135 e. The normalized spacial score (nSPS) is 12.2. The molecular formula is C29H17N3O. The molecule has 0 saturated heterocycles. The number of benzene rings is 5. The second-order valence-electron chi connectivity index (χ2n) is 8.58. The number of imidazole rings is 1. The van der Waals surface area contributed by atoms with Crippen LogP contribution >= 0.6 is 0 Å². The Balaban J connectivity index is 1.41. The lowest BCUT2D eigenvalue weighted by atomic mass is 10.0. The summed E-state index contributed by atoms with van der Waals surface area (Å²) < 4.78 is 8.17. The first-order valence-electron chi connectivity index (χ1n) is 11.1. The molecule has 5 aromatic carbocycles. The lowest BCUT2D eigenvalue weighted by Gasteiger charge is -2.06. The fourth-order valence-corrected chi connectivity index (χ4v) is 5.31. The van der Waals surface area contributed by atoms with Crippen molar-refractivity contribution in [3.8, 4) is 5.69 Å². The number of hydrogen-bond acceptors (Lipinski definition) is 2. The van der Waals surface area contributed by atoms with Crippen molar-refractivity contribution in [2.24, 2.45) is 0 Å². The molecule has 0 fully saturated rings. The van der Waals surface area contributed by atoms with Crippen molar-refractivity contribution in [2.75, 3.05) is 0 Å². The Morgan fingerprint density at radius 2 is 1.45 bits per heavy atom. The number of fused-ring (bicyclic) bond motifs is 10. The second-order valence-corrected chi connectivity index (χ2v) is 8.58. The van der Waals surface area contributed by atoms with Gasteiger partial charge in [0.1, 0.15) is 17.5 Å². The van der Waals surface area contributed by atoms with Gasteiger partial charge in [0.15, 0.2) is 0 Å². The highest BCUT2D eigenvalue weighted by atomic mass is 16.3. The zero-order chi connectivity index (χ0) is 21.5. The largest absolute Gasteiger partial charge is 0.456 e. The number of H-pyrrole nitrogens is 1. The number of hydrogen-bond donors (Lipinski definition) is 1. The molecule has 0 aliphatic rings. The summed E-state index contributed by atoms with van der Waals surface area (Å²) in [4.78, 5) is 8.40. The van der Waals surface area contributed by atoms with E-state index in [4.69, 9.17) is 9.40 Å². The van der Waals surface area contributed by atoms with Crippen LogP contribution in [0.4, 0.5) is 0 Å². The molecule has 4 heteroatoms. The van der Waals surface area contributed by atoms with Crippen LogP contribution in [-0.2, 0) is 0 Å². The summed E-state index contributed by atoms with van der Waals surface area (Å²) in [6, 6.07) is 31.7. The first-order chi connectivity index (χ1) is 16.3. The molecule has 4 nitrogen and oxygen atoms in total. The number of nitrogens with one attached hydrogen (secondary N) is 1. The summed E-state index contributed by atoms with van der Waals surface area (Å²) >= 11 is 0. The van der Waals surface area contributed by atoms with Crippen molar-refractivity contribution in [2.45, 2.75) is 0 Å². The lowest BCUT2D eigenvalue weighted by Crippen LogP contribution is -1.91. The Morgan fingerprint density at radius 3 is 2.42 bits per heavy atom. The second kappa shape index (κ2) is 6.02. The molecular weight excluding hydrogens is 406 g/mol. The molecule has 0 spiro atoms. The van der Waals surface area contributed by atoms with Crippen LogP contribution in [0.15, 0.2) is 102 Å². The molecule has 0 aliphatic heterocycles. The average molecular weight is 423 g/mol. The van der Waals surface area contributed by atoms with Crippen LogP contribution in [0.5, 0.6) is 0 Å². The molecule has 8 aromatic rings. The van der Waals surface area contributed by atoms with Crippen LogP contribution in [0.25, 0.3) is 71.2 Å². The SMILES string of the molecule is c1ccc2c(c1)[nH]c1ccc3c(ccc4c3ncn4-c3ccc4oc5ccccc5c4c3)c12. The third-order valence-corrected chi connectivity index (χ3v) is 6.82. The Kier molecular flexibility index (Phi) is 3.11. The minimum atomic E-state index is 0.900. The highest BCUT2D eigenvalue weighted by Crippen LogP contribution is 2.36. The Morgan fingerprint density at radius 1 is 0.636 bits per heavy atom. The predicted molar refractivity (Wildman–Crippen MR) is 135 cm³/mol. The molecule has 3 heterocycles. The van der Waals surface area contributed by atoms with Gasteiger partial charge in [0.05, 0.1) is 11.0 Å². The van der Waals surface area contributed by atoms with E-state index in [2.05, 4.69) is 76.3 Å².